The molecule has 0 radical (unpaired) electrons. The Labute approximate surface area is 178 Å². The minimum atomic E-state index is -0.610. The molecule has 0 bridgehead atoms. The Morgan fingerprint density at radius 2 is 1.70 bits per heavy atom. The van der Waals surface area contributed by atoms with Crippen LogP contribution in [-0.4, -0.2) is 29.3 Å². The van der Waals surface area contributed by atoms with Crippen molar-refractivity contribution in [3.05, 3.63) is 84.1 Å². The highest BCUT2D eigenvalue weighted by Crippen LogP contribution is 2.28. The highest BCUT2D eigenvalue weighted by molar-refractivity contribution is 7.99. The summed E-state index contributed by atoms with van der Waals surface area (Å²) in [5.74, 6) is -1.05. The number of amides is 1. The van der Waals surface area contributed by atoms with E-state index >= 15 is 0 Å². The van der Waals surface area contributed by atoms with Crippen molar-refractivity contribution < 1.29 is 19.1 Å². The zero-order valence-electron chi connectivity index (χ0n) is 16.3. The largest absolute Gasteiger partial charge is 0.454 e. The number of pyridine rings is 1. The maximum absolute atomic E-state index is 12.5. The summed E-state index contributed by atoms with van der Waals surface area (Å²) in [7, 11) is 0. The molecule has 0 aliphatic heterocycles. The Morgan fingerprint density at radius 3 is 2.40 bits per heavy atom. The van der Waals surface area contributed by atoms with Crippen molar-refractivity contribution in [2.45, 2.75) is 23.3 Å². The minimum Gasteiger partial charge on any atom is -0.454 e. The number of benzene rings is 2. The number of hydrogen-bond donors (Lipinski definition) is 1. The quantitative estimate of drug-likeness (QED) is 0.423. The number of nitrogens with one attached hydrogen (secondary N) is 1. The summed E-state index contributed by atoms with van der Waals surface area (Å²) in [6, 6.07) is 19.3. The van der Waals surface area contributed by atoms with Crippen LogP contribution in [0.5, 0.6) is 0 Å². The molecule has 1 heterocycles. The van der Waals surface area contributed by atoms with E-state index in [4.69, 9.17) is 4.74 Å². The minimum absolute atomic E-state index is 0.108. The number of nitrogens with zero attached hydrogens (tertiary/aromatic N) is 1. The van der Waals surface area contributed by atoms with E-state index in [1.807, 2.05) is 30.3 Å². The molecule has 0 aliphatic carbocycles. The fourth-order valence-electron chi connectivity index (χ4n) is 2.51. The molecule has 0 unspecified atom stereocenters. The van der Waals surface area contributed by atoms with Gasteiger partial charge >= 0.3 is 5.97 Å². The maximum atomic E-state index is 12.5. The van der Waals surface area contributed by atoms with Crippen LogP contribution < -0.4 is 5.32 Å². The van der Waals surface area contributed by atoms with Crippen LogP contribution in [0.3, 0.4) is 0 Å². The SMILES string of the molecule is CCC(=O)Nc1ccc(C(=O)COC(=O)c2cccnc2Sc2ccccc2)cc1. The average Bonchev–Trinajstić information content (AvgIpc) is 2.78. The van der Waals surface area contributed by atoms with Gasteiger partial charge in [0, 0.05) is 28.8 Å². The number of carbonyl (C=O) groups excluding carboxylic acids is 3. The first-order chi connectivity index (χ1) is 14.6. The number of ketones is 1. The summed E-state index contributed by atoms with van der Waals surface area (Å²) < 4.78 is 5.22. The lowest BCUT2D eigenvalue weighted by molar-refractivity contribution is -0.115. The van der Waals surface area contributed by atoms with Crippen LogP contribution in [0.2, 0.25) is 0 Å². The molecule has 3 aromatic rings. The van der Waals surface area contributed by atoms with Gasteiger partial charge in [-0.15, -0.1) is 0 Å². The first-order valence-corrected chi connectivity index (χ1v) is 10.2. The standard InChI is InChI=1S/C23H20N2O4S/c1-2-21(27)25-17-12-10-16(11-13-17)20(26)15-29-23(28)19-9-6-14-24-22(19)30-18-7-4-3-5-8-18/h3-14H,2,15H2,1H3,(H,25,27). The Morgan fingerprint density at radius 1 is 0.967 bits per heavy atom. The summed E-state index contributed by atoms with van der Waals surface area (Å²) >= 11 is 1.35. The molecule has 2 aromatic carbocycles. The van der Waals surface area contributed by atoms with Gasteiger partial charge in [0.15, 0.2) is 12.4 Å². The van der Waals surface area contributed by atoms with E-state index in [9.17, 15) is 14.4 Å². The Kier molecular flexibility index (Phi) is 7.34. The number of hydrogen-bond acceptors (Lipinski definition) is 6. The van der Waals surface area contributed by atoms with Gasteiger partial charge in [-0.2, -0.15) is 0 Å². The fourth-order valence-corrected chi connectivity index (χ4v) is 3.40. The molecular formula is C23H20N2O4S. The number of anilines is 1. The van der Waals surface area contributed by atoms with Gasteiger partial charge in [0.25, 0.3) is 0 Å². The molecule has 0 atom stereocenters. The zero-order chi connectivity index (χ0) is 21.3. The summed E-state index contributed by atoms with van der Waals surface area (Å²) in [5.41, 5.74) is 1.30. The average molecular weight is 420 g/mol. The van der Waals surface area contributed by atoms with Gasteiger partial charge in [-0.25, -0.2) is 9.78 Å². The smallest absolute Gasteiger partial charge is 0.341 e. The highest BCUT2D eigenvalue weighted by atomic mass is 32.2. The molecule has 0 fully saturated rings. The number of Topliss-reactive ketones (excluding diaryl/α,β-unsaturated/α-hetero) is 1. The van der Waals surface area contributed by atoms with Gasteiger partial charge in [0.2, 0.25) is 5.91 Å². The summed E-state index contributed by atoms with van der Waals surface area (Å²) in [4.78, 5) is 41.5. The second-order valence-electron chi connectivity index (χ2n) is 6.25. The van der Waals surface area contributed by atoms with E-state index in [0.29, 0.717) is 28.3 Å². The zero-order valence-corrected chi connectivity index (χ0v) is 17.1. The fraction of sp³-hybridized carbons (Fsp3) is 0.130. The molecule has 30 heavy (non-hydrogen) atoms. The molecule has 0 saturated heterocycles. The third kappa shape index (κ3) is 5.78. The van der Waals surface area contributed by atoms with Gasteiger partial charge < -0.3 is 10.1 Å². The van der Waals surface area contributed by atoms with Crippen molar-refractivity contribution in [1.82, 2.24) is 4.98 Å². The van der Waals surface area contributed by atoms with Crippen LogP contribution in [-0.2, 0) is 9.53 Å². The third-order valence-corrected chi connectivity index (χ3v) is 5.12. The third-order valence-electron chi connectivity index (χ3n) is 4.09. The van der Waals surface area contributed by atoms with Crippen molar-refractivity contribution in [2.75, 3.05) is 11.9 Å². The molecule has 1 N–H and O–H groups in total. The van der Waals surface area contributed by atoms with Gasteiger partial charge in [0.05, 0.1) is 5.56 Å². The van der Waals surface area contributed by atoms with Crippen molar-refractivity contribution in [2.24, 2.45) is 0 Å². The van der Waals surface area contributed by atoms with E-state index in [0.717, 1.165) is 4.90 Å². The van der Waals surface area contributed by atoms with Crippen molar-refractivity contribution >= 4 is 35.1 Å². The molecule has 1 amide bonds. The predicted molar refractivity (Wildman–Crippen MR) is 115 cm³/mol. The lowest BCUT2D eigenvalue weighted by Gasteiger charge is -2.09. The van der Waals surface area contributed by atoms with Crippen LogP contribution in [0.25, 0.3) is 0 Å². The second-order valence-corrected chi connectivity index (χ2v) is 7.31. The van der Waals surface area contributed by atoms with Crippen LogP contribution >= 0.6 is 11.8 Å². The van der Waals surface area contributed by atoms with E-state index < -0.39 is 5.97 Å². The number of rotatable bonds is 8. The van der Waals surface area contributed by atoms with Gasteiger partial charge in [-0.1, -0.05) is 36.9 Å². The topological polar surface area (TPSA) is 85.4 Å². The lowest BCUT2D eigenvalue weighted by atomic mass is 10.1. The number of ether oxygens (including phenoxy) is 1. The Bertz CT molecular complexity index is 1040. The molecule has 6 nitrogen and oxygen atoms in total. The van der Waals surface area contributed by atoms with Crippen LogP contribution in [0.1, 0.15) is 34.1 Å². The number of aromatic nitrogens is 1. The van der Waals surface area contributed by atoms with Crippen LogP contribution in [0.15, 0.2) is 82.8 Å². The highest BCUT2D eigenvalue weighted by Gasteiger charge is 2.17. The first-order valence-electron chi connectivity index (χ1n) is 9.35. The van der Waals surface area contributed by atoms with E-state index in [2.05, 4.69) is 10.3 Å². The molecule has 3 rings (SSSR count). The molecule has 152 valence electrons. The van der Waals surface area contributed by atoms with E-state index in [1.165, 1.54) is 11.8 Å². The van der Waals surface area contributed by atoms with Gasteiger partial charge in [0.1, 0.15) is 5.03 Å². The second kappa shape index (κ2) is 10.4. The normalized spacial score (nSPS) is 10.3. The predicted octanol–water partition coefficient (Wildman–Crippen LogP) is 4.62. The summed E-state index contributed by atoms with van der Waals surface area (Å²) in [5, 5.41) is 3.22. The lowest BCUT2D eigenvalue weighted by Crippen LogP contribution is -2.15. The molecule has 0 aliphatic rings. The summed E-state index contributed by atoms with van der Waals surface area (Å²) in [6.07, 6.45) is 1.97. The van der Waals surface area contributed by atoms with Crippen molar-refractivity contribution in [3.8, 4) is 0 Å². The Balaban J connectivity index is 1.62. The van der Waals surface area contributed by atoms with E-state index in [-0.39, 0.29) is 18.3 Å². The first kappa shape index (κ1) is 21.3. The molecular weight excluding hydrogens is 400 g/mol. The van der Waals surface area contributed by atoms with Crippen molar-refractivity contribution in [1.29, 1.82) is 0 Å². The molecule has 0 spiro atoms. The van der Waals surface area contributed by atoms with Crippen LogP contribution in [0.4, 0.5) is 5.69 Å². The van der Waals surface area contributed by atoms with Gasteiger partial charge in [-0.05, 0) is 48.5 Å². The molecule has 7 heteroatoms. The van der Waals surface area contributed by atoms with Crippen LogP contribution in [0, 0.1) is 0 Å². The number of esters is 1. The Hall–Kier alpha value is -3.45. The summed E-state index contributed by atoms with van der Waals surface area (Å²) in [6.45, 7) is 1.37. The molecule has 0 saturated carbocycles. The number of carbonyl (C=O) groups is 3. The maximum Gasteiger partial charge on any atom is 0.341 e. The van der Waals surface area contributed by atoms with Gasteiger partial charge in [-0.3, -0.25) is 9.59 Å². The van der Waals surface area contributed by atoms with Crippen molar-refractivity contribution in [3.63, 3.8) is 0 Å². The van der Waals surface area contributed by atoms with E-state index in [1.54, 1.807) is 49.5 Å². The molecule has 1 aromatic heterocycles. The monoisotopic (exact) mass is 420 g/mol.